The van der Waals surface area contributed by atoms with Gasteiger partial charge < -0.3 is 19.6 Å². The van der Waals surface area contributed by atoms with Crippen LogP contribution in [0.1, 0.15) is 13.8 Å². The fraction of sp³-hybridized carbons (Fsp3) is 0.706. The van der Waals surface area contributed by atoms with Crippen molar-refractivity contribution in [2.75, 3.05) is 69.2 Å². The Bertz CT molecular complexity index is 545. The molecule has 0 aromatic carbocycles. The molecule has 7 nitrogen and oxygen atoms in total. The lowest BCUT2D eigenvalue weighted by Gasteiger charge is -2.36. The molecule has 2 aliphatic heterocycles. The molecule has 1 amide bonds. The standard InChI is InChI=1S/C17H28N6O/c1-14(2)17(24)23-12-10-22(11-13-23)16-5-4-15(18-19-16)21-8-6-20(3)7-9-21/h4-5,14H,6-13H2,1-3H3. The van der Waals surface area contributed by atoms with Crippen LogP contribution in [0.4, 0.5) is 11.6 Å². The van der Waals surface area contributed by atoms with Gasteiger partial charge >= 0.3 is 0 Å². The van der Waals surface area contributed by atoms with Crippen molar-refractivity contribution in [2.24, 2.45) is 5.92 Å². The van der Waals surface area contributed by atoms with E-state index in [2.05, 4.69) is 44.1 Å². The van der Waals surface area contributed by atoms with Gasteiger partial charge in [-0.05, 0) is 19.2 Å². The number of aromatic nitrogens is 2. The van der Waals surface area contributed by atoms with E-state index in [4.69, 9.17) is 0 Å². The van der Waals surface area contributed by atoms with Crippen LogP contribution in [0.3, 0.4) is 0 Å². The van der Waals surface area contributed by atoms with E-state index in [0.29, 0.717) is 0 Å². The minimum absolute atomic E-state index is 0.0687. The lowest BCUT2D eigenvalue weighted by Crippen LogP contribution is -2.50. The summed E-state index contributed by atoms with van der Waals surface area (Å²) in [6, 6.07) is 4.12. The number of piperazine rings is 2. The number of carbonyl (C=O) groups excluding carboxylic acids is 1. The lowest BCUT2D eigenvalue weighted by atomic mass is 10.1. The van der Waals surface area contributed by atoms with Crippen molar-refractivity contribution < 1.29 is 4.79 Å². The largest absolute Gasteiger partial charge is 0.353 e. The van der Waals surface area contributed by atoms with Crippen LogP contribution >= 0.6 is 0 Å². The molecule has 2 saturated heterocycles. The average Bonchev–Trinajstić information content (AvgIpc) is 2.62. The first-order valence-corrected chi connectivity index (χ1v) is 8.85. The number of likely N-dealkylation sites (N-methyl/N-ethyl adjacent to an activating group) is 1. The summed E-state index contributed by atoms with van der Waals surface area (Å²) in [6.07, 6.45) is 0. The maximum absolute atomic E-state index is 12.1. The second-order valence-electron chi connectivity index (χ2n) is 7.01. The van der Waals surface area contributed by atoms with E-state index in [0.717, 1.165) is 64.0 Å². The number of hydrogen-bond acceptors (Lipinski definition) is 6. The number of hydrogen-bond donors (Lipinski definition) is 0. The second kappa shape index (κ2) is 7.34. The Hall–Kier alpha value is -1.89. The highest BCUT2D eigenvalue weighted by Crippen LogP contribution is 2.18. The summed E-state index contributed by atoms with van der Waals surface area (Å²) in [5, 5.41) is 8.84. The van der Waals surface area contributed by atoms with Crippen LogP contribution in [0.5, 0.6) is 0 Å². The van der Waals surface area contributed by atoms with Gasteiger partial charge in [-0.3, -0.25) is 4.79 Å². The number of carbonyl (C=O) groups is 1. The van der Waals surface area contributed by atoms with Crippen molar-refractivity contribution in [3.05, 3.63) is 12.1 Å². The van der Waals surface area contributed by atoms with E-state index in [-0.39, 0.29) is 11.8 Å². The van der Waals surface area contributed by atoms with Gasteiger partial charge in [0.1, 0.15) is 0 Å². The van der Waals surface area contributed by atoms with Gasteiger partial charge in [-0.2, -0.15) is 0 Å². The van der Waals surface area contributed by atoms with Crippen LogP contribution in [-0.2, 0) is 4.79 Å². The highest BCUT2D eigenvalue weighted by Gasteiger charge is 2.24. The zero-order chi connectivity index (χ0) is 17.1. The SMILES string of the molecule is CC(C)C(=O)N1CCN(c2ccc(N3CCN(C)CC3)nn2)CC1. The second-order valence-corrected chi connectivity index (χ2v) is 7.01. The Balaban J connectivity index is 1.56. The van der Waals surface area contributed by atoms with Crippen molar-refractivity contribution in [2.45, 2.75) is 13.8 Å². The number of rotatable bonds is 3. The highest BCUT2D eigenvalue weighted by molar-refractivity contribution is 5.78. The molecule has 1 aromatic rings. The molecule has 1 aromatic heterocycles. The van der Waals surface area contributed by atoms with E-state index >= 15 is 0 Å². The Morgan fingerprint density at radius 3 is 1.75 bits per heavy atom. The molecule has 0 N–H and O–H groups in total. The van der Waals surface area contributed by atoms with Crippen molar-refractivity contribution in [1.29, 1.82) is 0 Å². The van der Waals surface area contributed by atoms with Gasteiger partial charge in [0.2, 0.25) is 5.91 Å². The fourth-order valence-corrected chi connectivity index (χ4v) is 3.21. The predicted octanol–water partition coefficient (Wildman–Crippen LogP) is 0.533. The van der Waals surface area contributed by atoms with Gasteiger partial charge in [0.25, 0.3) is 0 Å². The van der Waals surface area contributed by atoms with Crippen LogP contribution in [-0.4, -0.2) is 85.3 Å². The van der Waals surface area contributed by atoms with E-state index in [1.165, 1.54) is 0 Å². The summed E-state index contributed by atoms with van der Waals surface area (Å²) in [4.78, 5) is 20.8. The van der Waals surface area contributed by atoms with Gasteiger partial charge in [0.15, 0.2) is 11.6 Å². The van der Waals surface area contributed by atoms with Crippen molar-refractivity contribution >= 4 is 17.5 Å². The molecule has 0 bridgehead atoms. The van der Waals surface area contributed by atoms with Crippen molar-refractivity contribution in [3.63, 3.8) is 0 Å². The molecular formula is C17H28N6O. The molecule has 0 unspecified atom stereocenters. The molecule has 3 heterocycles. The molecule has 2 aliphatic rings. The molecule has 24 heavy (non-hydrogen) atoms. The molecule has 132 valence electrons. The zero-order valence-corrected chi connectivity index (χ0v) is 15.0. The van der Waals surface area contributed by atoms with Crippen LogP contribution < -0.4 is 9.80 Å². The Morgan fingerprint density at radius 1 is 0.875 bits per heavy atom. The first kappa shape index (κ1) is 17.0. The van der Waals surface area contributed by atoms with E-state index < -0.39 is 0 Å². The summed E-state index contributed by atoms with van der Waals surface area (Å²) in [7, 11) is 2.15. The van der Waals surface area contributed by atoms with E-state index in [9.17, 15) is 4.79 Å². The maximum atomic E-state index is 12.1. The van der Waals surface area contributed by atoms with Gasteiger partial charge in [-0.15, -0.1) is 10.2 Å². The summed E-state index contributed by atoms with van der Waals surface area (Å²) in [5.41, 5.74) is 0. The molecule has 0 aliphatic carbocycles. The summed E-state index contributed by atoms with van der Waals surface area (Å²) in [5.74, 6) is 2.18. The van der Waals surface area contributed by atoms with Gasteiger partial charge in [-0.25, -0.2) is 0 Å². The predicted molar refractivity (Wildman–Crippen MR) is 95.4 cm³/mol. The third-order valence-corrected chi connectivity index (χ3v) is 4.87. The maximum Gasteiger partial charge on any atom is 0.225 e. The summed E-state index contributed by atoms with van der Waals surface area (Å²) < 4.78 is 0. The number of nitrogens with zero attached hydrogens (tertiary/aromatic N) is 6. The van der Waals surface area contributed by atoms with E-state index in [1.54, 1.807) is 0 Å². The first-order chi connectivity index (χ1) is 11.5. The van der Waals surface area contributed by atoms with Crippen LogP contribution in [0.15, 0.2) is 12.1 Å². The number of anilines is 2. The van der Waals surface area contributed by atoms with Gasteiger partial charge in [-0.1, -0.05) is 13.8 Å². The lowest BCUT2D eigenvalue weighted by molar-refractivity contribution is -0.134. The third-order valence-electron chi connectivity index (χ3n) is 4.87. The normalized spacial score (nSPS) is 19.9. The first-order valence-electron chi connectivity index (χ1n) is 8.85. The van der Waals surface area contributed by atoms with Crippen molar-refractivity contribution in [1.82, 2.24) is 20.0 Å². The molecule has 0 atom stereocenters. The Morgan fingerprint density at radius 2 is 1.33 bits per heavy atom. The zero-order valence-electron chi connectivity index (χ0n) is 15.0. The molecule has 0 spiro atoms. The van der Waals surface area contributed by atoms with Gasteiger partial charge in [0.05, 0.1) is 0 Å². The van der Waals surface area contributed by atoms with Gasteiger partial charge in [0, 0.05) is 58.3 Å². The minimum atomic E-state index is 0.0687. The fourth-order valence-electron chi connectivity index (χ4n) is 3.21. The molecular weight excluding hydrogens is 304 g/mol. The minimum Gasteiger partial charge on any atom is -0.353 e. The molecule has 3 rings (SSSR count). The molecule has 7 heteroatoms. The summed E-state index contributed by atoms with van der Waals surface area (Å²) >= 11 is 0. The summed E-state index contributed by atoms with van der Waals surface area (Å²) in [6.45, 7) is 11.2. The smallest absolute Gasteiger partial charge is 0.225 e. The molecule has 0 radical (unpaired) electrons. The monoisotopic (exact) mass is 332 g/mol. The number of amides is 1. The topological polar surface area (TPSA) is 55.8 Å². The van der Waals surface area contributed by atoms with E-state index in [1.807, 2.05) is 18.7 Å². The Kier molecular flexibility index (Phi) is 5.18. The quantitative estimate of drug-likeness (QED) is 0.805. The molecule has 0 saturated carbocycles. The van der Waals surface area contributed by atoms with Crippen LogP contribution in [0, 0.1) is 5.92 Å². The third kappa shape index (κ3) is 3.77. The highest BCUT2D eigenvalue weighted by atomic mass is 16.2. The Labute approximate surface area is 144 Å². The van der Waals surface area contributed by atoms with Crippen molar-refractivity contribution in [3.8, 4) is 0 Å². The molecule has 2 fully saturated rings. The van der Waals surface area contributed by atoms with Crippen LogP contribution in [0.25, 0.3) is 0 Å². The van der Waals surface area contributed by atoms with Crippen LogP contribution in [0.2, 0.25) is 0 Å². The average molecular weight is 332 g/mol.